The standard InChI is InChI=1S/C32H43ClN6O4S.C23H27N7O4S/c1-30(2)16-14-21(19-30)9-8-17-34-24-10-7-11-27(35-24)44(41,42)38-29(40)22-12-13-25(36-28(22)33)39-18-15-26(37-39)43-20-23-31(3,4)32(23,5)6;1-23(2)13-15-5-4-11-24-17-6-3-7-20(25-17)35(33,34)28-22(32)16-8-9-18(26-21(16)29(23)14-15)30-12-10-19(31)27-30/h7,10-13,15,18,21,23H,8-9,14,16-17,19-20H2,1-6H3,(H,34,35)(H,38,40);3,6-10,12,15H,4-5,11,13-14H2,1-2H3,(H,24,25)(H,27,31)(H,28,32)/t21-;15-/m10/s1. The van der Waals surface area contributed by atoms with Gasteiger partial charge >= 0.3 is 0 Å². The average Bonchev–Trinajstić information content (AvgIpc) is 4.32. The van der Waals surface area contributed by atoms with E-state index < -0.39 is 31.9 Å². The molecule has 21 nitrogen and oxygen atoms in total. The van der Waals surface area contributed by atoms with Crippen molar-refractivity contribution in [2.24, 2.45) is 34.0 Å². The molecule has 0 aromatic carbocycles. The first kappa shape index (κ1) is 56.9. The van der Waals surface area contributed by atoms with Crippen LogP contribution in [0, 0.1) is 34.0 Å². The summed E-state index contributed by atoms with van der Waals surface area (Å²) in [5.41, 5.74) is 0.281. The number of rotatable bonds is 13. The molecule has 2 aliphatic heterocycles. The molecule has 422 valence electrons. The van der Waals surface area contributed by atoms with Crippen LogP contribution in [0.3, 0.4) is 0 Å². The van der Waals surface area contributed by atoms with Crippen LogP contribution in [0.25, 0.3) is 11.6 Å². The van der Waals surface area contributed by atoms with E-state index in [4.69, 9.17) is 21.3 Å². The molecular weight excluding hydrogens is 1070 g/mol. The molecular formula is C55H70ClN13O8S2. The lowest BCUT2D eigenvalue weighted by Crippen LogP contribution is -2.41. The van der Waals surface area contributed by atoms with Gasteiger partial charge < -0.3 is 20.3 Å². The highest BCUT2D eigenvalue weighted by molar-refractivity contribution is 7.90. The van der Waals surface area contributed by atoms with Crippen LogP contribution in [0.1, 0.15) is 127 Å². The lowest BCUT2D eigenvalue weighted by molar-refractivity contribution is 0.0972. The van der Waals surface area contributed by atoms with Crippen molar-refractivity contribution in [3.8, 4) is 17.5 Å². The number of aromatic amines is 1. The monoisotopic (exact) mass is 1140 g/mol. The molecule has 4 bridgehead atoms. The fourth-order valence-electron chi connectivity index (χ4n) is 11.4. The summed E-state index contributed by atoms with van der Waals surface area (Å²) in [4.78, 5) is 57.4. The van der Waals surface area contributed by atoms with Crippen molar-refractivity contribution in [3.63, 3.8) is 0 Å². The molecule has 8 heterocycles. The van der Waals surface area contributed by atoms with Crippen LogP contribution in [0.2, 0.25) is 5.15 Å². The fraction of sp³-hybridized carbons (Fsp3) is 0.491. The Morgan fingerprint density at radius 1 is 0.861 bits per heavy atom. The third-order valence-corrected chi connectivity index (χ3v) is 19.2. The van der Waals surface area contributed by atoms with E-state index in [1.807, 2.05) is 0 Å². The first-order valence-electron chi connectivity index (χ1n) is 26.7. The van der Waals surface area contributed by atoms with E-state index in [0.717, 1.165) is 38.0 Å². The maximum atomic E-state index is 13.3. The Morgan fingerprint density at radius 2 is 1.62 bits per heavy atom. The van der Waals surface area contributed by atoms with Gasteiger partial charge in [0.05, 0.1) is 17.7 Å². The van der Waals surface area contributed by atoms with Crippen molar-refractivity contribution in [2.75, 3.05) is 41.8 Å². The zero-order valence-corrected chi connectivity index (χ0v) is 48.2. The number of pyridine rings is 4. The van der Waals surface area contributed by atoms with Crippen molar-refractivity contribution in [3.05, 3.63) is 112 Å². The first-order chi connectivity index (χ1) is 37.2. The van der Waals surface area contributed by atoms with Crippen LogP contribution >= 0.6 is 11.6 Å². The molecule has 10 rings (SSSR count). The Hall–Kier alpha value is -6.85. The van der Waals surface area contributed by atoms with Gasteiger partial charge in [-0.05, 0) is 142 Å². The van der Waals surface area contributed by atoms with Crippen LogP contribution in [0.4, 0.5) is 17.5 Å². The normalized spacial score (nSPS) is 20.7. The van der Waals surface area contributed by atoms with Gasteiger partial charge in [0.15, 0.2) is 21.7 Å². The molecule has 24 heteroatoms. The third-order valence-electron chi connectivity index (χ3n) is 16.5. The second kappa shape index (κ2) is 22.0. The van der Waals surface area contributed by atoms with Crippen molar-refractivity contribution in [1.82, 2.24) is 48.9 Å². The minimum absolute atomic E-state index is 0.0924. The molecule has 4 aliphatic rings. The molecule has 0 unspecified atom stereocenters. The van der Waals surface area contributed by atoms with Crippen LogP contribution in [-0.2, 0) is 20.0 Å². The van der Waals surface area contributed by atoms with Gasteiger partial charge in [0.1, 0.15) is 22.6 Å². The molecule has 2 amide bonds. The van der Waals surface area contributed by atoms with Crippen LogP contribution in [0.15, 0.2) is 100 Å². The van der Waals surface area contributed by atoms with E-state index in [1.165, 1.54) is 65.0 Å². The molecule has 79 heavy (non-hydrogen) atoms. The Morgan fingerprint density at radius 3 is 2.33 bits per heavy atom. The summed E-state index contributed by atoms with van der Waals surface area (Å²) >= 11 is 6.32. The number of nitrogens with one attached hydrogen (secondary N) is 5. The molecule has 0 spiro atoms. The maximum Gasteiger partial charge on any atom is 0.281 e. The SMILES string of the molecule is CC1(C)CC[C@@H](CCCNc2cccc(S(=O)(=O)NC(=O)c3ccc(-n4ccc(OCC5C(C)(C)C5(C)C)n4)nc3Cl)n2)C1.CC1(C)C[C@@H]2CCCNc3cccc(n3)S(=O)(=O)NC(=O)c3ccc(-n4ccc(=O)[nH]4)nc3N1C2. The summed E-state index contributed by atoms with van der Waals surface area (Å²) in [6, 6.07) is 18.4. The van der Waals surface area contributed by atoms with Crippen LogP contribution in [0.5, 0.6) is 5.88 Å². The zero-order valence-electron chi connectivity index (χ0n) is 45.8. The highest BCUT2D eigenvalue weighted by atomic mass is 35.5. The Balaban J connectivity index is 0.000000196. The molecule has 6 aromatic heterocycles. The lowest BCUT2D eigenvalue weighted by atomic mass is 9.89. The molecule has 6 aromatic rings. The average molecular weight is 1140 g/mol. The number of carbonyl (C=O) groups excluding carboxylic acids is 2. The van der Waals surface area contributed by atoms with E-state index >= 15 is 0 Å². The molecule has 1 saturated heterocycles. The summed E-state index contributed by atoms with van der Waals surface area (Å²) < 4.78 is 65.1. The molecule has 2 atom stereocenters. The Bertz CT molecular complexity index is 3530. The minimum atomic E-state index is -4.26. The maximum absolute atomic E-state index is 13.3. The van der Waals surface area contributed by atoms with Crippen molar-refractivity contribution in [1.29, 1.82) is 0 Å². The van der Waals surface area contributed by atoms with Gasteiger partial charge in [-0.2, -0.15) is 16.8 Å². The predicted molar refractivity (Wildman–Crippen MR) is 301 cm³/mol. The number of H-pyrrole nitrogens is 1. The molecule has 2 aliphatic carbocycles. The number of anilines is 3. The van der Waals surface area contributed by atoms with Crippen molar-refractivity contribution in [2.45, 2.75) is 122 Å². The third kappa shape index (κ3) is 12.8. The minimum Gasteiger partial charge on any atom is -0.476 e. The van der Waals surface area contributed by atoms with Gasteiger partial charge in [-0.1, -0.05) is 65.3 Å². The highest BCUT2D eigenvalue weighted by Gasteiger charge is 2.64. The van der Waals surface area contributed by atoms with Crippen molar-refractivity contribution < 1.29 is 31.2 Å². The largest absolute Gasteiger partial charge is 0.476 e. The van der Waals surface area contributed by atoms with Gasteiger partial charge in [0, 0.05) is 55.6 Å². The second-order valence-electron chi connectivity index (χ2n) is 23.6. The van der Waals surface area contributed by atoms with Gasteiger partial charge in [0.25, 0.3) is 37.4 Å². The number of sulfonamides is 2. The van der Waals surface area contributed by atoms with Gasteiger partial charge in [-0.25, -0.2) is 38.7 Å². The number of aromatic nitrogens is 8. The smallest absolute Gasteiger partial charge is 0.281 e. The van der Waals surface area contributed by atoms with Gasteiger partial charge in [0.2, 0.25) is 5.88 Å². The number of halogens is 1. The number of hydrogen-bond donors (Lipinski definition) is 5. The Labute approximate surface area is 466 Å². The van der Waals surface area contributed by atoms with Gasteiger partial charge in [-0.3, -0.25) is 19.5 Å². The molecule has 0 radical (unpaired) electrons. The number of hydrogen-bond acceptors (Lipinski definition) is 16. The lowest BCUT2D eigenvalue weighted by Gasteiger charge is -2.34. The number of fused-ring (bicyclic) bond motifs is 6. The number of ether oxygens (including phenoxy) is 1. The highest BCUT2D eigenvalue weighted by Crippen LogP contribution is 2.68. The second-order valence-corrected chi connectivity index (χ2v) is 27.2. The predicted octanol–water partition coefficient (Wildman–Crippen LogP) is 8.40. The number of carbonyl (C=O) groups is 2. The molecule has 5 N–H and O–H groups in total. The van der Waals surface area contributed by atoms with E-state index in [-0.39, 0.29) is 48.3 Å². The quantitative estimate of drug-likeness (QED) is 0.0536. The van der Waals surface area contributed by atoms with Crippen LogP contribution < -0.4 is 35.3 Å². The van der Waals surface area contributed by atoms with E-state index in [0.29, 0.717) is 78.5 Å². The van der Waals surface area contributed by atoms with E-state index in [1.54, 1.807) is 48.8 Å². The number of amides is 2. The summed E-state index contributed by atoms with van der Waals surface area (Å²) in [6.07, 6.45) is 11.9. The first-order valence-corrected chi connectivity index (χ1v) is 30.0. The van der Waals surface area contributed by atoms with E-state index in [2.05, 4.69) is 106 Å². The summed E-state index contributed by atoms with van der Waals surface area (Å²) in [5.74, 6) is 2.29. The van der Waals surface area contributed by atoms with E-state index in [9.17, 15) is 31.2 Å². The summed E-state index contributed by atoms with van der Waals surface area (Å²) in [7, 11) is -8.48. The van der Waals surface area contributed by atoms with Crippen molar-refractivity contribution >= 4 is 60.9 Å². The fourth-order valence-corrected chi connectivity index (χ4v) is 13.5. The topological polar surface area (TPSA) is 270 Å². The van der Waals surface area contributed by atoms with Gasteiger partial charge in [-0.15, -0.1) is 5.10 Å². The summed E-state index contributed by atoms with van der Waals surface area (Å²) in [5, 5.41) is 12.8. The zero-order chi connectivity index (χ0) is 56.7. The van der Waals surface area contributed by atoms with Crippen LogP contribution in [-0.4, -0.2) is 99.9 Å². The number of nitrogens with zero attached hydrogens (tertiary/aromatic N) is 8. The molecule has 3 fully saturated rings. The Kier molecular flexibility index (Phi) is 15.8. The summed E-state index contributed by atoms with van der Waals surface area (Å²) in [6.45, 7) is 20.3. The molecule has 2 saturated carbocycles.